The third-order valence-corrected chi connectivity index (χ3v) is 4.82. The van der Waals surface area contributed by atoms with Crippen LogP contribution in [0.25, 0.3) is 0 Å². The van der Waals surface area contributed by atoms with E-state index in [4.69, 9.17) is 4.74 Å². The van der Waals surface area contributed by atoms with E-state index in [2.05, 4.69) is 25.5 Å². The zero-order valence-corrected chi connectivity index (χ0v) is 17.3. The van der Waals surface area contributed by atoms with Crippen molar-refractivity contribution in [2.24, 2.45) is 5.92 Å². The Hall–Kier alpha value is -3.16. The molecule has 29 heavy (non-hydrogen) atoms. The first-order chi connectivity index (χ1) is 13.9. The average Bonchev–Trinajstić information content (AvgIpc) is 2.67. The van der Waals surface area contributed by atoms with Gasteiger partial charge in [-0.05, 0) is 51.0 Å². The Morgan fingerprint density at radius 1 is 1.14 bits per heavy atom. The molecule has 1 fully saturated rings. The topological polar surface area (TPSA) is 96.5 Å². The van der Waals surface area contributed by atoms with Crippen LogP contribution in [0.4, 0.5) is 17.3 Å². The minimum atomic E-state index is -0.192. The lowest BCUT2D eigenvalue weighted by atomic mass is 9.97. The standard InChI is InChI=1S/C21H27N5O3/c1-13-10-14(2)23-21(22-13)26-9-5-6-16(12-26)20(28)25-18-11-17(24-15(3)27)7-8-19(18)29-4/h7-8,10-11,16H,5-6,9,12H2,1-4H3,(H,24,27)(H,25,28)/t16-/m1/s1. The van der Waals surface area contributed by atoms with Gasteiger partial charge in [0, 0.05) is 37.1 Å². The second kappa shape index (κ2) is 8.89. The van der Waals surface area contributed by atoms with Gasteiger partial charge in [-0.3, -0.25) is 9.59 Å². The smallest absolute Gasteiger partial charge is 0.229 e. The summed E-state index contributed by atoms with van der Waals surface area (Å²) in [4.78, 5) is 35.4. The van der Waals surface area contributed by atoms with E-state index in [1.54, 1.807) is 25.3 Å². The van der Waals surface area contributed by atoms with Gasteiger partial charge in [0.15, 0.2) is 0 Å². The molecule has 1 saturated heterocycles. The van der Waals surface area contributed by atoms with E-state index in [0.29, 0.717) is 29.6 Å². The van der Waals surface area contributed by atoms with Crippen LogP contribution in [0, 0.1) is 19.8 Å². The second-order valence-electron chi connectivity index (χ2n) is 7.32. The first-order valence-corrected chi connectivity index (χ1v) is 9.69. The molecule has 8 nitrogen and oxygen atoms in total. The number of aromatic nitrogens is 2. The first kappa shape index (κ1) is 20.6. The highest BCUT2D eigenvalue weighted by Gasteiger charge is 2.28. The number of nitrogens with zero attached hydrogens (tertiary/aromatic N) is 3. The van der Waals surface area contributed by atoms with E-state index in [9.17, 15) is 9.59 Å². The van der Waals surface area contributed by atoms with Crippen molar-refractivity contribution in [3.8, 4) is 5.75 Å². The number of nitrogens with one attached hydrogen (secondary N) is 2. The van der Waals surface area contributed by atoms with Gasteiger partial charge in [0.25, 0.3) is 0 Å². The fourth-order valence-electron chi connectivity index (χ4n) is 3.54. The Labute approximate surface area is 170 Å². The predicted octanol–water partition coefficient (Wildman–Crippen LogP) is 2.92. The van der Waals surface area contributed by atoms with Gasteiger partial charge in [-0.1, -0.05) is 0 Å². The average molecular weight is 397 g/mol. The van der Waals surface area contributed by atoms with Crippen LogP contribution in [0.1, 0.15) is 31.2 Å². The van der Waals surface area contributed by atoms with Gasteiger partial charge >= 0.3 is 0 Å². The van der Waals surface area contributed by atoms with E-state index < -0.39 is 0 Å². The summed E-state index contributed by atoms with van der Waals surface area (Å²) in [6.45, 7) is 6.71. The number of anilines is 3. The highest BCUT2D eigenvalue weighted by molar-refractivity contribution is 5.96. The van der Waals surface area contributed by atoms with Crippen LogP contribution in [0.5, 0.6) is 5.75 Å². The Kier molecular flexibility index (Phi) is 6.31. The molecule has 0 aliphatic carbocycles. The monoisotopic (exact) mass is 397 g/mol. The van der Waals surface area contributed by atoms with Gasteiger partial charge < -0.3 is 20.3 Å². The number of rotatable bonds is 5. The summed E-state index contributed by atoms with van der Waals surface area (Å²) in [5.41, 5.74) is 2.96. The van der Waals surface area contributed by atoms with E-state index in [-0.39, 0.29) is 17.7 Å². The minimum Gasteiger partial charge on any atom is -0.495 e. The molecule has 0 radical (unpaired) electrons. The molecule has 0 spiro atoms. The number of piperidine rings is 1. The molecule has 1 aromatic heterocycles. The maximum Gasteiger partial charge on any atom is 0.229 e. The van der Waals surface area contributed by atoms with Crippen LogP contribution in [0.15, 0.2) is 24.3 Å². The molecule has 2 aromatic rings. The molecular weight excluding hydrogens is 370 g/mol. The van der Waals surface area contributed by atoms with Crippen molar-refractivity contribution in [2.45, 2.75) is 33.6 Å². The van der Waals surface area contributed by atoms with Gasteiger partial charge in [-0.2, -0.15) is 0 Å². The van der Waals surface area contributed by atoms with Gasteiger partial charge in [0.2, 0.25) is 17.8 Å². The van der Waals surface area contributed by atoms with Crippen LogP contribution in [0.2, 0.25) is 0 Å². The number of amides is 2. The third kappa shape index (κ3) is 5.22. The number of carbonyl (C=O) groups excluding carboxylic acids is 2. The maximum atomic E-state index is 13.0. The SMILES string of the molecule is COc1ccc(NC(C)=O)cc1NC(=O)[C@@H]1CCCN(c2nc(C)cc(C)n2)C1. The van der Waals surface area contributed by atoms with Crippen molar-refractivity contribution in [3.05, 3.63) is 35.7 Å². The van der Waals surface area contributed by atoms with Crippen molar-refractivity contribution in [1.29, 1.82) is 0 Å². The molecular formula is C21H27N5O3. The Bertz CT molecular complexity index is 895. The minimum absolute atomic E-state index is 0.0858. The largest absolute Gasteiger partial charge is 0.495 e. The molecule has 1 aromatic carbocycles. The van der Waals surface area contributed by atoms with Crippen molar-refractivity contribution >= 4 is 29.1 Å². The maximum absolute atomic E-state index is 13.0. The van der Waals surface area contributed by atoms with E-state index >= 15 is 0 Å². The quantitative estimate of drug-likeness (QED) is 0.805. The summed E-state index contributed by atoms with van der Waals surface area (Å²) in [5, 5.41) is 5.67. The van der Waals surface area contributed by atoms with Crippen LogP contribution in [0.3, 0.4) is 0 Å². The summed E-state index contributed by atoms with van der Waals surface area (Å²) >= 11 is 0. The van der Waals surface area contributed by atoms with Gasteiger partial charge in [0.1, 0.15) is 5.75 Å². The second-order valence-corrected chi connectivity index (χ2v) is 7.32. The number of hydrogen-bond acceptors (Lipinski definition) is 6. The molecule has 2 amide bonds. The fraction of sp³-hybridized carbons (Fsp3) is 0.429. The van der Waals surface area contributed by atoms with Crippen molar-refractivity contribution in [1.82, 2.24) is 9.97 Å². The van der Waals surface area contributed by atoms with Crippen LogP contribution in [-0.2, 0) is 9.59 Å². The fourth-order valence-corrected chi connectivity index (χ4v) is 3.54. The Morgan fingerprint density at radius 2 is 1.86 bits per heavy atom. The molecule has 0 unspecified atom stereocenters. The molecule has 0 bridgehead atoms. The number of methoxy groups -OCH3 is 1. The van der Waals surface area contributed by atoms with E-state index in [1.807, 2.05) is 19.9 Å². The molecule has 1 aliphatic heterocycles. The normalized spacial score (nSPS) is 16.3. The number of hydrogen-bond donors (Lipinski definition) is 2. The Morgan fingerprint density at radius 3 is 2.52 bits per heavy atom. The number of carbonyl (C=O) groups is 2. The summed E-state index contributed by atoms with van der Waals surface area (Å²) < 4.78 is 5.35. The molecule has 3 rings (SSSR count). The van der Waals surface area contributed by atoms with Crippen molar-refractivity contribution < 1.29 is 14.3 Å². The summed E-state index contributed by atoms with van der Waals surface area (Å²) in [5.74, 6) is 0.756. The molecule has 2 heterocycles. The van der Waals surface area contributed by atoms with Crippen molar-refractivity contribution in [3.63, 3.8) is 0 Å². The first-order valence-electron chi connectivity index (χ1n) is 9.69. The summed E-state index contributed by atoms with van der Waals surface area (Å²) in [7, 11) is 1.54. The van der Waals surface area contributed by atoms with Gasteiger partial charge in [-0.25, -0.2) is 9.97 Å². The molecule has 0 saturated carbocycles. The van der Waals surface area contributed by atoms with Crippen LogP contribution >= 0.6 is 0 Å². The molecule has 2 N–H and O–H groups in total. The van der Waals surface area contributed by atoms with E-state index in [1.165, 1.54) is 6.92 Å². The lowest BCUT2D eigenvalue weighted by Gasteiger charge is -2.32. The van der Waals surface area contributed by atoms with Gasteiger partial charge in [-0.15, -0.1) is 0 Å². The lowest BCUT2D eigenvalue weighted by molar-refractivity contribution is -0.120. The predicted molar refractivity (Wildman–Crippen MR) is 112 cm³/mol. The molecule has 8 heteroatoms. The van der Waals surface area contributed by atoms with Crippen LogP contribution in [-0.4, -0.2) is 42.0 Å². The van der Waals surface area contributed by atoms with Gasteiger partial charge in [0.05, 0.1) is 18.7 Å². The zero-order chi connectivity index (χ0) is 21.0. The third-order valence-electron chi connectivity index (χ3n) is 4.82. The molecule has 1 aliphatic rings. The van der Waals surface area contributed by atoms with Crippen LogP contribution < -0.4 is 20.3 Å². The summed E-state index contributed by atoms with van der Waals surface area (Å²) in [6.07, 6.45) is 1.68. The summed E-state index contributed by atoms with van der Waals surface area (Å²) in [6, 6.07) is 7.09. The molecule has 1 atom stereocenters. The number of benzene rings is 1. The van der Waals surface area contributed by atoms with Crippen molar-refractivity contribution in [2.75, 3.05) is 35.7 Å². The highest BCUT2D eigenvalue weighted by Crippen LogP contribution is 2.29. The zero-order valence-electron chi connectivity index (χ0n) is 17.3. The van der Waals surface area contributed by atoms with E-state index in [0.717, 1.165) is 30.8 Å². The Balaban J connectivity index is 1.74. The number of ether oxygens (including phenoxy) is 1. The molecule has 154 valence electrons. The number of aryl methyl sites for hydroxylation is 2. The lowest BCUT2D eigenvalue weighted by Crippen LogP contribution is -2.41. The highest BCUT2D eigenvalue weighted by atomic mass is 16.5.